The summed E-state index contributed by atoms with van der Waals surface area (Å²) in [5, 5.41) is 12.0. The van der Waals surface area contributed by atoms with E-state index in [1.165, 1.54) is 13.2 Å². The van der Waals surface area contributed by atoms with Crippen LogP contribution >= 0.6 is 11.3 Å². The number of halogens is 1. The number of hydrogen-bond donors (Lipinski definition) is 2. The number of ketones is 1. The molecule has 8 heteroatoms. The molecule has 0 unspecified atom stereocenters. The first-order valence-electron chi connectivity index (χ1n) is 9.52. The van der Waals surface area contributed by atoms with E-state index < -0.39 is 27.4 Å². The Morgan fingerprint density at radius 3 is 2.34 bits per heavy atom. The number of rotatable bonds is 8. The summed E-state index contributed by atoms with van der Waals surface area (Å²) in [7, 11) is 1.51. The molecule has 1 aromatic heterocycles. The number of carboxylic acids is 1. The molecule has 0 spiro atoms. The summed E-state index contributed by atoms with van der Waals surface area (Å²) in [6.45, 7) is 0. The molecule has 1 heterocycles. The fraction of sp³-hybridized carbons (Fsp3) is 0.0417. The van der Waals surface area contributed by atoms with Gasteiger partial charge in [0.1, 0.15) is 0 Å². The monoisotopic (exact) mass is 557 g/mol. The molecule has 0 saturated heterocycles. The number of ether oxygens (including phenoxy) is 1. The minimum atomic E-state index is -0.995. The van der Waals surface area contributed by atoms with Crippen LogP contribution in [0, 0.1) is 3.70 Å². The summed E-state index contributed by atoms with van der Waals surface area (Å²) in [6, 6.07) is 21.4. The minimum absolute atomic E-state index is 0.00471. The van der Waals surface area contributed by atoms with Gasteiger partial charge < -0.3 is 0 Å². The topological polar surface area (TPSA) is 88.5 Å². The van der Waals surface area contributed by atoms with Gasteiger partial charge in [-0.2, -0.15) is 0 Å². The molecule has 6 nitrogen and oxygen atoms in total. The van der Waals surface area contributed by atoms with E-state index in [0.29, 0.717) is 16.9 Å². The van der Waals surface area contributed by atoms with Crippen molar-refractivity contribution in [1.82, 2.24) is 4.98 Å². The van der Waals surface area contributed by atoms with Gasteiger partial charge in [0, 0.05) is 0 Å². The van der Waals surface area contributed by atoms with Gasteiger partial charge >= 0.3 is 200 Å². The molecule has 4 rings (SSSR count). The second kappa shape index (κ2) is 9.92. The van der Waals surface area contributed by atoms with Crippen LogP contribution in [-0.4, -0.2) is 29.0 Å². The molecule has 0 bridgehead atoms. The van der Waals surface area contributed by atoms with Gasteiger partial charge in [0.25, 0.3) is 0 Å². The van der Waals surface area contributed by atoms with Crippen LogP contribution in [0.15, 0.2) is 78.2 Å². The van der Waals surface area contributed by atoms with Crippen LogP contribution in [0.3, 0.4) is 0 Å². The molecular weight excluding hydrogens is 539 g/mol. The molecule has 162 valence electrons. The zero-order chi connectivity index (χ0) is 22.5. The normalized spacial score (nSPS) is 10.7. The van der Waals surface area contributed by atoms with Crippen LogP contribution in [-0.2, 0) is 0 Å². The fourth-order valence-electron chi connectivity index (χ4n) is 2.95. The van der Waals surface area contributed by atoms with E-state index in [-0.39, 0.29) is 11.3 Å². The van der Waals surface area contributed by atoms with Crippen LogP contribution in [0.1, 0.15) is 26.3 Å². The van der Waals surface area contributed by atoms with Crippen molar-refractivity contribution in [3.05, 3.63) is 98.6 Å². The molecule has 0 aliphatic heterocycles. The molecule has 4 aromatic rings. The number of anilines is 1. The number of aromatic nitrogens is 1. The third-order valence-electron chi connectivity index (χ3n) is 4.60. The molecule has 0 aliphatic carbocycles. The van der Waals surface area contributed by atoms with E-state index >= 15 is 0 Å². The van der Waals surface area contributed by atoms with Crippen molar-refractivity contribution in [2.24, 2.45) is 0 Å². The molecule has 0 saturated carbocycles. The Hall–Kier alpha value is -3.24. The molecule has 0 fully saturated rings. The molecule has 3 aromatic carbocycles. The van der Waals surface area contributed by atoms with E-state index in [0.717, 1.165) is 20.0 Å². The number of thiazole rings is 1. The Labute approximate surface area is 199 Å². The van der Waals surface area contributed by atoms with Gasteiger partial charge in [0.05, 0.1) is 0 Å². The number of hydrogen-bond acceptors (Lipinski definition) is 6. The average molecular weight is 557 g/mol. The van der Waals surface area contributed by atoms with E-state index in [4.69, 9.17) is 14.8 Å². The van der Waals surface area contributed by atoms with Gasteiger partial charge in [-0.05, 0) is 0 Å². The van der Waals surface area contributed by atoms with Gasteiger partial charge in [-0.25, -0.2) is 0 Å². The number of nitrogens with zero attached hydrogens (tertiary/aromatic N) is 1. The second-order valence-corrected chi connectivity index (χ2v) is 9.70. The first kappa shape index (κ1) is 22.0. The SMILES string of the molecule is COc1cc(C(=O)O)ccc1N[I-]c1csc(-c2ccc(C(=O)c3ccccc3)cc2)n1. The zero-order valence-corrected chi connectivity index (χ0v) is 19.9. The Bertz CT molecular complexity index is 1260. The Balaban J connectivity index is 1.44. The predicted octanol–water partition coefficient (Wildman–Crippen LogP) is 2.03. The fourth-order valence-corrected chi connectivity index (χ4v) is 5.98. The van der Waals surface area contributed by atoms with E-state index in [1.807, 2.05) is 60.0 Å². The van der Waals surface area contributed by atoms with Crippen molar-refractivity contribution in [3.8, 4) is 16.3 Å². The number of carboxylic acid groups (broad SMARTS) is 1. The maximum absolute atomic E-state index is 12.6. The van der Waals surface area contributed by atoms with Gasteiger partial charge in [-0.1, -0.05) is 0 Å². The van der Waals surface area contributed by atoms with Crippen LogP contribution in [0.4, 0.5) is 5.69 Å². The zero-order valence-electron chi connectivity index (χ0n) is 16.9. The second-order valence-electron chi connectivity index (χ2n) is 6.66. The number of nitrogens with one attached hydrogen (secondary N) is 1. The van der Waals surface area contributed by atoms with Crippen LogP contribution in [0.2, 0.25) is 0 Å². The van der Waals surface area contributed by atoms with Crippen molar-refractivity contribution >= 4 is 28.8 Å². The van der Waals surface area contributed by atoms with Gasteiger partial charge in [-0.3, -0.25) is 0 Å². The van der Waals surface area contributed by atoms with E-state index in [1.54, 1.807) is 23.5 Å². The standard InChI is InChI=1S/C24H18IN2O4S/c1-31-20-13-18(24(29)30)11-12-19(20)27-25-21-14-32-23(26-21)17-9-7-16(8-10-17)22(28)15-5-3-2-4-6-15/h2-14,27H,1H3,(H,29,30)/q-1. The number of methoxy groups -OCH3 is 1. The summed E-state index contributed by atoms with van der Waals surface area (Å²) in [6.07, 6.45) is 0. The molecule has 0 amide bonds. The summed E-state index contributed by atoms with van der Waals surface area (Å²) < 4.78 is 9.61. The summed E-state index contributed by atoms with van der Waals surface area (Å²) >= 11 is 0.896. The van der Waals surface area contributed by atoms with Crippen molar-refractivity contribution < 1.29 is 40.9 Å². The molecule has 0 radical (unpaired) electrons. The summed E-state index contributed by atoms with van der Waals surface area (Å²) in [4.78, 5) is 28.4. The molecule has 2 N–H and O–H groups in total. The summed E-state index contributed by atoms with van der Waals surface area (Å²) in [5.41, 5.74) is 3.18. The first-order chi connectivity index (χ1) is 15.5. The number of benzene rings is 3. The number of carbonyl (C=O) groups excluding carboxylic acids is 1. The maximum atomic E-state index is 12.6. The van der Waals surface area contributed by atoms with Gasteiger partial charge in [-0.15, -0.1) is 0 Å². The van der Waals surface area contributed by atoms with Crippen molar-refractivity contribution in [2.75, 3.05) is 10.6 Å². The quantitative estimate of drug-likeness (QED) is 0.196. The Morgan fingerprint density at radius 1 is 0.969 bits per heavy atom. The van der Waals surface area contributed by atoms with Crippen LogP contribution < -0.4 is 29.7 Å². The number of aromatic carboxylic acids is 1. The third-order valence-corrected chi connectivity index (χ3v) is 7.87. The van der Waals surface area contributed by atoms with Crippen molar-refractivity contribution in [1.29, 1.82) is 0 Å². The van der Waals surface area contributed by atoms with E-state index in [9.17, 15) is 9.59 Å². The predicted molar refractivity (Wildman–Crippen MR) is 120 cm³/mol. The molecule has 32 heavy (non-hydrogen) atoms. The molecule has 0 aliphatic rings. The third kappa shape index (κ3) is 4.97. The van der Waals surface area contributed by atoms with E-state index in [2.05, 4.69) is 3.53 Å². The summed E-state index contributed by atoms with van der Waals surface area (Å²) in [5.74, 6) is -0.515. The average Bonchev–Trinajstić information content (AvgIpc) is 3.32. The van der Waals surface area contributed by atoms with Crippen molar-refractivity contribution in [3.63, 3.8) is 0 Å². The Morgan fingerprint density at radius 2 is 1.66 bits per heavy atom. The first-order valence-corrected chi connectivity index (χ1v) is 12.6. The van der Waals surface area contributed by atoms with Crippen molar-refractivity contribution in [2.45, 2.75) is 0 Å². The van der Waals surface area contributed by atoms with Crippen LogP contribution in [0.25, 0.3) is 10.6 Å². The van der Waals surface area contributed by atoms with Crippen LogP contribution in [0.5, 0.6) is 5.75 Å². The van der Waals surface area contributed by atoms with Gasteiger partial charge in [0.2, 0.25) is 0 Å². The number of carbonyl (C=O) groups is 2. The molecular formula is C24H18IN2O4S-. The molecule has 0 atom stereocenters. The Kier molecular flexibility index (Phi) is 6.81. The van der Waals surface area contributed by atoms with Gasteiger partial charge in [0.15, 0.2) is 0 Å².